The van der Waals surface area contributed by atoms with E-state index in [2.05, 4.69) is 25.5 Å². The van der Waals surface area contributed by atoms with Crippen molar-refractivity contribution in [2.75, 3.05) is 0 Å². The lowest BCUT2D eigenvalue weighted by Gasteiger charge is -2.00. The van der Waals surface area contributed by atoms with Crippen LogP contribution in [-0.4, -0.2) is 41.3 Å². The second-order valence-electron chi connectivity index (χ2n) is 3.10. The molecule has 8 nitrogen and oxygen atoms in total. The summed E-state index contributed by atoms with van der Waals surface area (Å²) in [5.41, 5.74) is 0.819. The summed E-state index contributed by atoms with van der Waals surface area (Å²) in [6.07, 6.45) is 1.62. The van der Waals surface area contributed by atoms with Crippen molar-refractivity contribution in [3.05, 3.63) is 18.0 Å². The third kappa shape index (κ3) is 2.97. The van der Waals surface area contributed by atoms with E-state index in [1.165, 1.54) is 4.68 Å². The number of carboxylic acids is 1. The van der Waals surface area contributed by atoms with E-state index in [-0.39, 0.29) is 6.54 Å². The number of tetrazole rings is 1. The molecule has 2 aromatic rings. The van der Waals surface area contributed by atoms with Crippen LogP contribution in [0, 0.1) is 6.92 Å². The van der Waals surface area contributed by atoms with Crippen LogP contribution in [-0.2, 0) is 11.3 Å². The first-order valence-corrected chi connectivity index (χ1v) is 5.42. The van der Waals surface area contributed by atoms with Crippen LogP contribution in [0.25, 0.3) is 0 Å². The molecular formula is C8H8N6O2S. The largest absolute Gasteiger partial charge is 0.480 e. The summed E-state index contributed by atoms with van der Waals surface area (Å²) in [6.45, 7) is 1.55. The van der Waals surface area contributed by atoms with Gasteiger partial charge in [0.05, 0.1) is 0 Å². The Hall–Kier alpha value is -2.03. The third-order valence-corrected chi connectivity index (χ3v) is 2.59. The molecule has 2 rings (SSSR count). The second-order valence-corrected chi connectivity index (χ2v) is 4.03. The fraction of sp³-hybridized carbons (Fsp3) is 0.250. The molecule has 0 aliphatic rings. The minimum atomic E-state index is -1.01. The Morgan fingerprint density at radius 1 is 1.59 bits per heavy atom. The molecule has 9 heteroatoms. The number of aliphatic carboxylic acids is 1. The summed E-state index contributed by atoms with van der Waals surface area (Å²) in [7, 11) is 0. The molecule has 0 aliphatic carbocycles. The van der Waals surface area contributed by atoms with Crippen molar-refractivity contribution >= 4 is 17.7 Å². The molecule has 0 saturated heterocycles. The van der Waals surface area contributed by atoms with Gasteiger partial charge in [-0.2, -0.15) is 0 Å². The van der Waals surface area contributed by atoms with Gasteiger partial charge < -0.3 is 5.11 Å². The predicted molar refractivity (Wildman–Crippen MR) is 56.3 cm³/mol. The van der Waals surface area contributed by atoms with Gasteiger partial charge in [-0.15, -0.1) is 5.10 Å². The van der Waals surface area contributed by atoms with Crippen molar-refractivity contribution in [3.63, 3.8) is 0 Å². The molecule has 88 valence electrons. The minimum absolute atomic E-state index is 0.291. The average Bonchev–Trinajstić information content (AvgIpc) is 2.65. The Bertz CT molecular complexity index is 542. The summed E-state index contributed by atoms with van der Waals surface area (Å²) in [4.78, 5) is 18.8. The van der Waals surface area contributed by atoms with Gasteiger partial charge >= 0.3 is 5.97 Å². The maximum atomic E-state index is 10.6. The van der Waals surface area contributed by atoms with E-state index < -0.39 is 5.97 Å². The van der Waals surface area contributed by atoms with Crippen LogP contribution in [0.15, 0.2) is 22.6 Å². The molecule has 0 atom stereocenters. The lowest BCUT2D eigenvalue weighted by atomic mass is 10.5. The molecule has 0 aromatic carbocycles. The number of aryl methyl sites for hydroxylation is 1. The lowest BCUT2D eigenvalue weighted by Crippen LogP contribution is -2.11. The standard InChI is InChI=1S/C8H8N6O2S/c1-5-2-3-9-7(10-5)17-8-11-12-13-14(8)4-6(15)16/h2-3H,4H2,1H3,(H,15,16). The van der Waals surface area contributed by atoms with Crippen molar-refractivity contribution in [3.8, 4) is 0 Å². The zero-order valence-corrected chi connectivity index (χ0v) is 9.63. The molecule has 2 aromatic heterocycles. The molecule has 17 heavy (non-hydrogen) atoms. The number of rotatable bonds is 4. The predicted octanol–water partition coefficient (Wildman–Crippen LogP) is 0.00732. The van der Waals surface area contributed by atoms with Crippen LogP contribution in [0.2, 0.25) is 0 Å². The molecule has 0 saturated carbocycles. The van der Waals surface area contributed by atoms with Crippen molar-refractivity contribution < 1.29 is 9.90 Å². The maximum Gasteiger partial charge on any atom is 0.325 e. The number of aromatic nitrogens is 6. The Balaban J connectivity index is 2.18. The summed E-state index contributed by atoms with van der Waals surface area (Å²) < 4.78 is 1.18. The first-order chi connectivity index (χ1) is 8.15. The lowest BCUT2D eigenvalue weighted by molar-refractivity contribution is -0.138. The molecule has 0 radical (unpaired) electrons. The fourth-order valence-corrected chi connectivity index (χ4v) is 1.80. The van der Waals surface area contributed by atoms with Crippen LogP contribution >= 0.6 is 11.8 Å². The van der Waals surface area contributed by atoms with Crippen LogP contribution in [0.1, 0.15) is 5.69 Å². The number of carboxylic acid groups (broad SMARTS) is 1. The minimum Gasteiger partial charge on any atom is -0.480 e. The van der Waals surface area contributed by atoms with E-state index in [1.807, 2.05) is 6.92 Å². The summed E-state index contributed by atoms with van der Waals surface area (Å²) >= 11 is 1.12. The number of hydrogen-bond acceptors (Lipinski definition) is 7. The van der Waals surface area contributed by atoms with Crippen LogP contribution < -0.4 is 0 Å². The maximum absolute atomic E-state index is 10.6. The second kappa shape index (κ2) is 4.87. The van der Waals surface area contributed by atoms with Crippen LogP contribution in [0.4, 0.5) is 0 Å². The van der Waals surface area contributed by atoms with Gasteiger partial charge in [0.25, 0.3) is 0 Å². The first kappa shape index (κ1) is 11.5. The van der Waals surface area contributed by atoms with E-state index >= 15 is 0 Å². The highest BCUT2D eigenvalue weighted by molar-refractivity contribution is 7.99. The first-order valence-electron chi connectivity index (χ1n) is 4.60. The zero-order valence-electron chi connectivity index (χ0n) is 8.81. The Morgan fingerprint density at radius 2 is 2.41 bits per heavy atom. The van der Waals surface area contributed by atoms with Gasteiger partial charge in [0.1, 0.15) is 6.54 Å². The third-order valence-electron chi connectivity index (χ3n) is 1.74. The van der Waals surface area contributed by atoms with Crippen molar-refractivity contribution in [1.82, 2.24) is 30.2 Å². The van der Waals surface area contributed by atoms with Gasteiger partial charge in [0.2, 0.25) is 5.16 Å². The SMILES string of the molecule is Cc1ccnc(Sc2nnnn2CC(=O)O)n1. The van der Waals surface area contributed by atoms with Crippen LogP contribution in [0.5, 0.6) is 0 Å². The van der Waals surface area contributed by atoms with Crippen molar-refractivity contribution in [1.29, 1.82) is 0 Å². The van der Waals surface area contributed by atoms with E-state index in [0.29, 0.717) is 10.3 Å². The fourth-order valence-electron chi connectivity index (χ4n) is 1.05. The highest BCUT2D eigenvalue weighted by Gasteiger charge is 2.12. The zero-order chi connectivity index (χ0) is 12.3. The topological polar surface area (TPSA) is 107 Å². The van der Waals surface area contributed by atoms with Crippen molar-refractivity contribution in [2.45, 2.75) is 23.8 Å². The van der Waals surface area contributed by atoms with Gasteiger partial charge in [-0.05, 0) is 35.2 Å². The molecule has 0 amide bonds. The van der Waals surface area contributed by atoms with Gasteiger partial charge in [0.15, 0.2) is 5.16 Å². The molecule has 0 bridgehead atoms. The Kier molecular flexibility index (Phi) is 3.28. The average molecular weight is 252 g/mol. The highest BCUT2D eigenvalue weighted by Crippen LogP contribution is 2.20. The number of nitrogens with zero attached hydrogens (tertiary/aromatic N) is 6. The van der Waals surface area contributed by atoms with E-state index in [0.717, 1.165) is 17.5 Å². The number of hydrogen-bond donors (Lipinski definition) is 1. The molecule has 0 unspecified atom stereocenters. The highest BCUT2D eigenvalue weighted by atomic mass is 32.2. The van der Waals surface area contributed by atoms with Gasteiger partial charge in [-0.3, -0.25) is 4.79 Å². The molecule has 0 fully saturated rings. The Labute approximate surface area is 100 Å². The normalized spacial score (nSPS) is 10.4. The van der Waals surface area contributed by atoms with Crippen molar-refractivity contribution in [2.24, 2.45) is 0 Å². The van der Waals surface area contributed by atoms with E-state index in [1.54, 1.807) is 12.3 Å². The molecule has 0 spiro atoms. The summed E-state index contributed by atoms with van der Waals surface area (Å²) in [6, 6.07) is 1.77. The van der Waals surface area contributed by atoms with E-state index in [9.17, 15) is 4.79 Å². The van der Waals surface area contributed by atoms with Gasteiger partial charge in [0, 0.05) is 11.9 Å². The molecule has 1 N–H and O–H groups in total. The molecular weight excluding hydrogens is 244 g/mol. The Morgan fingerprint density at radius 3 is 3.12 bits per heavy atom. The smallest absolute Gasteiger partial charge is 0.325 e. The summed E-state index contributed by atoms with van der Waals surface area (Å²) in [5.74, 6) is -1.01. The quantitative estimate of drug-likeness (QED) is 0.758. The van der Waals surface area contributed by atoms with Gasteiger partial charge in [-0.25, -0.2) is 14.6 Å². The molecule has 2 heterocycles. The number of carbonyl (C=O) groups is 1. The monoisotopic (exact) mass is 252 g/mol. The summed E-state index contributed by atoms with van der Waals surface area (Å²) in [5, 5.41) is 20.2. The van der Waals surface area contributed by atoms with Gasteiger partial charge in [-0.1, -0.05) is 0 Å². The molecule has 0 aliphatic heterocycles. The van der Waals surface area contributed by atoms with E-state index in [4.69, 9.17) is 5.11 Å². The van der Waals surface area contributed by atoms with Crippen LogP contribution in [0.3, 0.4) is 0 Å².